The molecule has 0 saturated carbocycles. The molecule has 1 aliphatic rings. The van der Waals surface area contributed by atoms with Gasteiger partial charge in [0.1, 0.15) is 0 Å². The lowest BCUT2D eigenvalue weighted by Crippen LogP contribution is -2.41. The van der Waals surface area contributed by atoms with Crippen molar-refractivity contribution in [3.05, 3.63) is 27.7 Å². The highest BCUT2D eigenvalue weighted by Gasteiger charge is 2.31. The highest BCUT2D eigenvalue weighted by molar-refractivity contribution is 9.10. The Balaban J connectivity index is 2.41. The molecule has 1 aromatic carbocycles. The Morgan fingerprint density at radius 1 is 1.48 bits per heavy atom. The van der Waals surface area contributed by atoms with Crippen LogP contribution in [0.1, 0.15) is 24.5 Å². The maximum absolute atomic E-state index is 12.9. The zero-order valence-corrected chi connectivity index (χ0v) is 15.4. The summed E-state index contributed by atoms with van der Waals surface area (Å²) >= 11 is 5.22. The number of thioether (sulfide) groups is 1. The minimum atomic E-state index is -3.53. The van der Waals surface area contributed by atoms with E-state index in [1.54, 1.807) is 16.4 Å². The van der Waals surface area contributed by atoms with Gasteiger partial charge in [0.15, 0.2) is 0 Å². The predicted octanol–water partition coefficient (Wildman–Crippen LogP) is 2.77. The van der Waals surface area contributed by atoms with Crippen LogP contribution in [-0.4, -0.2) is 41.9 Å². The Labute approximate surface area is 139 Å². The third-order valence-corrected chi connectivity index (χ3v) is 8.21. The summed E-state index contributed by atoms with van der Waals surface area (Å²) in [6.45, 7) is 4.85. The first kappa shape index (κ1) is 17.3. The van der Waals surface area contributed by atoms with Gasteiger partial charge in [-0.2, -0.15) is 16.1 Å². The topological polar surface area (TPSA) is 57.6 Å². The summed E-state index contributed by atoms with van der Waals surface area (Å²) in [6.07, 6.45) is 0.966. The Hall–Kier alpha value is -0.0800. The van der Waals surface area contributed by atoms with Crippen LogP contribution in [0.5, 0.6) is 0 Å². The SMILES string of the molecule is CCC1CN(S(=O)(=O)c2cc(CO)cc(C)c2Br)CCS1. The van der Waals surface area contributed by atoms with Crippen molar-refractivity contribution in [3.8, 4) is 0 Å². The summed E-state index contributed by atoms with van der Waals surface area (Å²) in [4.78, 5) is 0.258. The van der Waals surface area contributed by atoms with Crippen molar-refractivity contribution in [1.82, 2.24) is 4.31 Å². The highest BCUT2D eigenvalue weighted by atomic mass is 79.9. The van der Waals surface area contributed by atoms with Crippen LogP contribution in [0.3, 0.4) is 0 Å². The van der Waals surface area contributed by atoms with Crippen molar-refractivity contribution < 1.29 is 13.5 Å². The van der Waals surface area contributed by atoms with Gasteiger partial charge in [-0.05, 0) is 46.5 Å². The highest BCUT2D eigenvalue weighted by Crippen LogP contribution is 2.32. The standard InChI is InChI=1S/C14H20BrNO3S2/c1-3-12-8-16(4-5-20-12)21(18,19)13-7-11(9-17)6-10(2)14(13)15/h6-7,12,17H,3-5,8-9H2,1-2H3. The molecule has 118 valence electrons. The molecule has 0 aliphatic carbocycles. The molecule has 1 aliphatic heterocycles. The molecule has 7 heteroatoms. The number of sulfonamides is 1. The molecule has 1 aromatic rings. The van der Waals surface area contributed by atoms with Crippen LogP contribution < -0.4 is 0 Å². The number of aliphatic hydroxyl groups is 1. The quantitative estimate of drug-likeness (QED) is 0.853. The van der Waals surface area contributed by atoms with Crippen molar-refractivity contribution in [1.29, 1.82) is 0 Å². The van der Waals surface area contributed by atoms with Gasteiger partial charge in [-0.3, -0.25) is 0 Å². The average molecular weight is 394 g/mol. The molecule has 0 radical (unpaired) electrons. The number of hydrogen-bond acceptors (Lipinski definition) is 4. The third-order valence-electron chi connectivity index (χ3n) is 3.64. The minimum absolute atomic E-state index is 0.163. The Morgan fingerprint density at radius 2 is 2.19 bits per heavy atom. The molecule has 1 saturated heterocycles. The van der Waals surface area contributed by atoms with E-state index in [1.807, 2.05) is 18.7 Å². The van der Waals surface area contributed by atoms with Crippen LogP contribution in [0.15, 0.2) is 21.5 Å². The molecule has 1 unspecified atom stereocenters. The van der Waals surface area contributed by atoms with Gasteiger partial charge in [-0.25, -0.2) is 8.42 Å². The van der Waals surface area contributed by atoms with E-state index in [0.29, 0.717) is 28.4 Å². The fourth-order valence-corrected chi connectivity index (χ4v) is 6.29. The molecule has 4 nitrogen and oxygen atoms in total. The first-order chi connectivity index (χ1) is 9.90. The molecule has 21 heavy (non-hydrogen) atoms. The average Bonchev–Trinajstić information content (AvgIpc) is 2.49. The first-order valence-electron chi connectivity index (χ1n) is 6.91. The number of halogens is 1. The summed E-state index contributed by atoms with van der Waals surface area (Å²) in [7, 11) is -3.53. The van der Waals surface area contributed by atoms with E-state index in [9.17, 15) is 13.5 Å². The van der Waals surface area contributed by atoms with Crippen molar-refractivity contribution in [2.75, 3.05) is 18.8 Å². The zero-order valence-electron chi connectivity index (χ0n) is 12.2. The van der Waals surface area contributed by atoms with Gasteiger partial charge < -0.3 is 5.11 Å². The second kappa shape index (κ2) is 7.00. The molecular formula is C14H20BrNO3S2. The molecule has 0 bridgehead atoms. The Kier molecular flexibility index (Phi) is 5.76. The summed E-state index contributed by atoms with van der Waals surface area (Å²) in [6, 6.07) is 3.36. The number of aryl methyl sites for hydroxylation is 1. The second-order valence-electron chi connectivity index (χ2n) is 5.15. The molecule has 1 fully saturated rings. The summed E-state index contributed by atoms with van der Waals surface area (Å²) in [5.74, 6) is 0.827. The Morgan fingerprint density at radius 3 is 2.81 bits per heavy atom. The van der Waals surface area contributed by atoms with Gasteiger partial charge in [-0.1, -0.05) is 13.0 Å². The number of rotatable bonds is 4. The number of benzene rings is 1. The van der Waals surface area contributed by atoms with Crippen LogP contribution in [0, 0.1) is 6.92 Å². The fourth-order valence-electron chi connectivity index (χ4n) is 2.38. The van der Waals surface area contributed by atoms with Gasteiger partial charge in [-0.15, -0.1) is 0 Å². The largest absolute Gasteiger partial charge is 0.392 e. The number of nitrogens with zero attached hydrogens (tertiary/aromatic N) is 1. The minimum Gasteiger partial charge on any atom is -0.392 e. The van der Waals surface area contributed by atoms with E-state index in [4.69, 9.17) is 0 Å². The molecule has 0 aromatic heterocycles. The third kappa shape index (κ3) is 3.64. The number of aliphatic hydroxyl groups excluding tert-OH is 1. The fraction of sp³-hybridized carbons (Fsp3) is 0.571. The van der Waals surface area contributed by atoms with Gasteiger partial charge in [0.05, 0.1) is 11.5 Å². The van der Waals surface area contributed by atoms with E-state index in [-0.39, 0.29) is 11.5 Å². The van der Waals surface area contributed by atoms with E-state index in [0.717, 1.165) is 17.7 Å². The second-order valence-corrected chi connectivity index (χ2v) is 9.25. The molecule has 1 atom stereocenters. The van der Waals surface area contributed by atoms with Gasteiger partial charge >= 0.3 is 0 Å². The maximum Gasteiger partial charge on any atom is 0.244 e. The van der Waals surface area contributed by atoms with Crippen molar-refractivity contribution in [3.63, 3.8) is 0 Å². The van der Waals surface area contributed by atoms with Gasteiger partial charge in [0, 0.05) is 28.6 Å². The van der Waals surface area contributed by atoms with Crippen molar-refractivity contribution >= 4 is 37.7 Å². The van der Waals surface area contributed by atoms with Crippen LogP contribution in [0.25, 0.3) is 0 Å². The van der Waals surface area contributed by atoms with Gasteiger partial charge in [0.2, 0.25) is 10.0 Å². The first-order valence-corrected chi connectivity index (χ1v) is 10.2. The summed E-state index contributed by atoms with van der Waals surface area (Å²) in [5.41, 5.74) is 1.44. The van der Waals surface area contributed by atoms with Crippen LogP contribution in [-0.2, 0) is 16.6 Å². The van der Waals surface area contributed by atoms with Crippen LogP contribution >= 0.6 is 27.7 Å². The van der Waals surface area contributed by atoms with E-state index in [2.05, 4.69) is 22.9 Å². The summed E-state index contributed by atoms with van der Waals surface area (Å²) in [5, 5.41) is 9.66. The van der Waals surface area contributed by atoms with E-state index >= 15 is 0 Å². The molecule has 2 rings (SSSR count). The lowest BCUT2D eigenvalue weighted by Gasteiger charge is -2.31. The molecule has 1 heterocycles. The number of hydrogen-bond donors (Lipinski definition) is 1. The maximum atomic E-state index is 12.9. The van der Waals surface area contributed by atoms with Crippen molar-refractivity contribution in [2.45, 2.75) is 37.0 Å². The Bertz CT molecular complexity index is 619. The molecular weight excluding hydrogens is 374 g/mol. The molecule has 0 spiro atoms. The normalized spacial score (nSPS) is 20.7. The van der Waals surface area contributed by atoms with Crippen molar-refractivity contribution in [2.24, 2.45) is 0 Å². The van der Waals surface area contributed by atoms with Gasteiger partial charge in [0.25, 0.3) is 0 Å². The smallest absolute Gasteiger partial charge is 0.244 e. The monoisotopic (exact) mass is 393 g/mol. The van der Waals surface area contributed by atoms with E-state index in [1.165, 1.54) is 0 Å². The van der Waals surface area contributed by atoms with Crippen LogP contribution in [0.4, 0.5) is 0 Å². The van der Waals surface area contributed by atoms with Crippen LogP contribution in [0.2, 0.25) is 0 Å². The van der Waals surface area contributed by atoms with E-state index < -0.39 is 10.0 Å². The molecule has 1 N–H and O–H groups in total. The molecule has 0 amide bonds. The summed E-state index contributed by atoms with van der Waals surface area (Å²) < 4.78 is 27.9. The zero-order chi connectivity index (χ0) is 15.6. The lowest BCUT2D eigenvalue weighted by molar-refractivity contribution is 0.281. The lowest BCUT2D eigenvalue weighted by atomic mass is 10.1. The predicted molar refractivity (Wildman–Crippen MR) is 90.1 cm³/mol.